The van der Waals surface area contributed by atoms with Crippen LogP contribution in [0.15, 0.2) is 72.8 Å². The molecule has 1 aromatic heterocycles. The number of carbonyl (C=O) groups excluding carboxylic acids is 1. The van der Waals surface area contributed by atoms with Crippen LogP contribution in [0.3, 0.4) is 0 Å². The van der Waals surface area contributed by atoms with Crippen molar-refractivity contribution >= 4 is 28.5 Å². The van der Waals surface area contributed by atoms with E-state index >= 15 is 0 Å². The number of carbonyl (C=O) groups is 1. The van der Waals surface area contributed by atoms with Gasteiger partial charge in [-0.05, 0) is 53.9 Å². The van der Waals surface area contributed by atoms with Gasteiger partial charge in [-0.15, -0.1) is 0 Å². The summed E-state index contributed by atoms with van der Waals surface area (Å²) in [6.07, 6.45) is 1.84. The SMILES string of the molecule is O=C(Cc1ccc(Cl)cc1)NCCCc1nc2ccccc2n1Cc1ccc(F)cc1. The summed E-state index contributed by atoms with van der Waals surface area (Å²) in [4.78, 5) is 17.0. The van der Waals surface area contributed by atoms with E-state index < -0.39 is 0 Å². The second kappa shape index (κ2) is 9.75. The second-order valence-electron chi connectivity index (χ2n) is 7.49. The zero-order chi connectivity index (χ0) is 21.6. The van der Waals surface area contributed by atoms with Crippen LogP contribution in [-0.4, -0.2) is 22.0 Å². The maximum Gasteiger partial charge on any atom is 0.224 e. The number of fused-ring (bicyclic) bond motifs is 1. The average molecular weight is 436 g/mol. The quantitative estimate of drug-likeness (QED) is 0.388. The molecule has 0 saturated carbocycles. The first-order valence-corrected chi connectivity index (χ1v) is 10.7. The number of para-hydroxylation sites is 2. The molecule has 6 heteroatoms. The molecule has 0 radical (unpaired) electrons. The molecule has 0 fully saturated rings. The monoisotopic (exact) mass is 435 g/mol. The molecule has 0 atom stereocenters. The Morgan fingerprint density at radius 1 is 0.968 bits per heavy atom. The van der Waals surface area contributed by atoms with E-state index in [0.29, 0.717) is 24.5 Å². The average Bonchev–Trinajstić information content (AvgIpc) is 3.12. The first kappa shape index (κ1) is 21.1. The van der Waals surface area contributed by atoms with Crippen molar-refractivity contribution in [2.45, 2.75) is 25.8 Å². The minimum atomic E-state index is -0.242. The van der Waals surface area contributed by atoms with Crippen LogP contribution in [0, 0.1) is 5.82 Å². The van der Waals surface area contributed by atoms with Gasteiger partial charge in [-0.3, -0.25) is 4.79 Å². The molecule has 158 valence electrons. The third-order valence-electron chi connectivity index (χ3n) is 5.16. The van der Waals surface area contributed by atoms with E-state index in [0.717, 1.165) is 40.8 Å². The standard InChI is InChI=1S/C25H23ClFN3O/c26-20-11-7-18(8-12-20)16-25(31)28-15-3-6-24-29-22-4-1-2-5-23(22)30(24)17-19-9-13-21(27)14-10-19/h1-2,4-5,7-14H,3,6,15-17H2,(H,28,31). The Balaban J connectivity index is 1.38. The summed E-state index contributed by atoms with van der Waals surface area (Å²) < 4.78 is 15.4. The van der Waals surface area contributed by atoms with E-state index in [-0.39, 0.29) is 11.7 Å². The number of halogens is 2. The van der Waals surface area contributed by atoms with Gasteiger partial charge in [-0.25, -0.2) is 9.37 Å². The van der Waals surface area contributed by atoms with Crippen LogP contribution < -0.4 is 5.32 Å². The number of hydrogen-bond acceptors (Lipinski definition) is 2. The smallest absolute Gasteiger partial charge is 0.224 e. The third kappa shape index (κ3) is 5.50. The highest BCUT2D eigenvalue weighted by atomic mass is 35.5. The summed E-state index contributed by atoms with van der Waals surface area (Å²) in [7, 11) is 0. The van der Waals surface area contributed by atoms with Gasteiger partial charge in [-0.1, -0.05) is 48.0 Å². The Bertz CT molecular complexity index is 1170. The van der Waals surface area contributed by atoms with Crippen molar-refractivity contribution < 1.29 is 9.18 Å². The van der Waals surface area contributed by atoms with Gasteiger partial charge in [0.1, 0.15) is 11.6 Å². The summed E-state index contributed by atoms with van der Waals surface area (Å²) in [5.74, 6) is 0.702. The molecule has 0 saturated heterocycles. The van der Waals surface area contributed by atoms with Crippen molar-refractivity contribution in [3.63, 3.8) is 0 Å². The highest BCUT2D eigenvalue weighted by molar-refractivity contribution is 6.30. The Morgan fingerprint density at radius 2 is 1.68 bits per heavy atom. The van der Waals surface area contributed by atoms with Crippen LogP contribution in [0.5, 0.6) is 0 Å². The zero-order valence-electron chi connectivity index (χ0n) is 17.0. The number of rotatable bonds is 8. The van der Waals surface area contributed by atoms with E-state index in [2.05, 4.69) is 9.88 Å². The number of nitrogens with zero attached hydrogens (tertiary/aromatic N) is 2. The summed E-state index contributed by atoms with van der Waals surface area (Å²) in [5.41, 5.74) is 3.94. The Labute approximate surface area is 185 Å². The first-order chi connectivity index (χ1) is 15.1. The number of benzene rings is 3. The highest BCUT2D eigenvalue weighted by Crippen LogP contribution is 2.19. The normalized spacial score (nSPS) is 11.0. The topological polar surface area (TPSA) is 46.9 Å². The molecule has 1 amide bonds. The molecule has 0 spiro atoms. The van der Waals surface area contributed by atoms with Crippen molar-refractivity contribution in [2.75, 3.05) is 6.54 Å². The van der Waals surface area contributed by atoms with Gasteiger partial charge in [0, 0.05) is 24.5 Å². The molecule has 0 aliphatic rings. The second-order valence-corrected chi connectivity index (χ2v) is 7.92. The predicted molar refractivity (Wildman–Crippen MR) is 122 cm³/mol. The molecule has 0 aliphatic heterocycles. The summed E-state index contributed by atoms with van der Waals surface area (Å²) >= 11 is 5.88. The van der Waals surface area contributed by atoms with Gasteiger partial charge in [0.05, 0.1) is 17.5 Å². The fourth-order valence-electron chi connectivity index (χ4n) is 3.59. The lowest BCUT2D eigenvalue weighted by molar-refractivity contribution is -0.120. The predicted octanol–water partition coefficient (Wildman–Crippen LogP) is 5.17. The highest BCUT2D eigenvalue weighted by Gasteiger charge is 2.11. The lowest BCUT2D eigenvalue weighted by Crippen LogP contribution is -2.26. The van der Waals surface area contributed by atoms with E-state index in [1.54, 1.807) is 24.3 Å². The summed E-state index contributed by atoms with van der Waals surface area (Å²) in [6.45, 7) is 1.20. The number of hydrogen-bond donors (Lipinski definition) is 1. The van der Waals surface area contributed by atoms with Crippen molar-refractivity contribution in [1.82, 2.24) is 14.9 Å². The molecule has 0 aliphatic carbocycles. The first-order valence-electron chi connectivity index (χ1n) is 10.3. The Hall–Kier alpha value is -3.18. The van der Waals surface area contributed by atoms with Gasteiger partial charge in [0.15, 0.2) is 0 Å². The lowest BCUT2D eigenvalue weighted by Gasteiger charge is -2.10. The third-order valence-corrected chi connectivity index (χ3v) is 5.42. The molecule has 1 heterocycles. The fraction of sp³-hybridized carbons (Fsp3) is 0.200. The van der Waals surface area contributed by atoms with Crippen LogP contribution in [0.2, 0.25) is 5.02 Å². The van der Waals surface area contributed by atoms with Crippen molar-refractivity contribution in [3.8, 4) is 0 Å². The van der Waals surface area contributed by atoms with Crippen LogP contribution in [-0.2, 0) is 24.2 Å². The Kier molecular flexibility index (Phi) is 6.63. The number of aromatic nitrogens is 2. The minimum absolute atomic E-state index is 0.0119. The molecule has 3 aromatic carbocycles. The molecular formula is C25H23ClFN3O. The largest absolute Gasteiger partial charge is 0.356 e. The molecule has 0 bridgehead atoms. The molecule has 4 aromatic rings. The summed E-state index contributed by atoms with van der Waals surface area (Å²) in [6, 6.07) is 21.8. The van der Waals surface area contributed by atoms with Gasteiger partial charge < -0.3 is 9.88 Å². The number of imidazole rings is 1. The molecule has 1 N–H and O–H groups in total. The Morgan fingerprint density at radius 3 is 2.45 bits per heavy atom. The van der Waals surface area contributed by atoms with Crippen LogP contribution in [0.4, 0.5) is 4.39 Å². The van der Waals surface area contributed by atoms with Crippen molar-refractivity contribution in [3.05, 3.63) is 101 Å². The van der Waals surface area contributed by atoms with Crippen LogP contribution in [0.25, 0.3) is 11.0 Å². The molecular weight excluding hydrogens is 413 g/mol. The molecule has 0 unspecified atom stereocenters. The minimum Gasteiger partial charge on any atom is -0.356 e. The summed E-state index contributed by atoms with van der Waals surface area (Å²) in [5, 5.41) is 3.63. The van der Waals surface area contributed by atoms with Gasteiger partial charge in [0.2, 0.25) is 5.91 Å². The number of aryl methyl sites for hydroxylation is 1. The van der Waals surface area contributed by atoms with Gasteiger partial charge in [0.25, 0.3) is 0 Å². The number of amides is 1. The van der Waals surface area contributed by atoms with E-state index in [1.165, 1.54) is 12.1 Å². The lowest BCUT2D eigenvalue weighted by atomic mass is 10.1. The van der Waals surface area contributed by atoms with Crippen molar-refractivity contribution in [2.24, 2.45) is 0 Å². The van der Waals surface area contributed by atoms with E-state index in [1.807, 2.05) is 36.4 Å². The molecule has 31 heavy (non-hydrogen) atoms. The van der Waals surface area contributed by atoms with Gasteiger partial charge in [-0.2, -0.15) is 0 Å². The van der Waals surface area contributed by atoms with Gasteiger partial charge >= 0.3 is 0 Å². The number of nitrogens with one attached hydrogen (secondary N) is 1. The molecule has 4 nitrogen and oxygen atoms in total. The maximum absolute atomic E-state index is 13.3. The van der Waals surface area contributed by atoms with Crippen LogP contribution >= 0.6 is 11.6 Å². The van der Waals surface area contributed by atoms with E-state index in [4.69, 9.17) is 16.6 Å². The van der Waals surface area contributed by atoms with E-state index in [9.17, 15) is 9.18 Å². The zero-order valence-corrected chi connectivity index (χ0v) is 17.8. The molecule has 4 rings (SSSR count). The van der Waals surface area contributed by atoms with Crippen molar-refractivity contribution in [1.29, 1.82) is 0 Å². The maximum atomic E-state index is 13.3. The van der Waals surface area contributed by atoms with Crippen LogP contribution in [0.1, 0.15) is 23.4 Å². The fourth-order valence-corrected chi connectivity index (χ4v) is 3.72.